The van der Waals surface area contributed by atoms with E-state index in [0.29, 0.717) is 10.8 Å². The molecule has 5 heteroatoms. The molecule has 0 radical (unpaired) electrons. The number of rotatable bonds is 4. The summed E-state index contributed by atoms with van der Waals surface area (Å²) in [5, 5.41) is 0.620. The summed E-state index contributed by atoms with van der Waals surface area (Å²) in [5.41, 5.74) is 0. The summed E-state index contributed by atoms with van der Waals surface area (Å²) in [6.45, 7) is 2.00. The molecular formula is C13H10BrClO2S. The third-order valence-electron chi connectivity index (χ3n) is 2.27. The molecule has 0 saturated heterocycles. The Morgan fingerprint density at radius 2 is 2.17 bits per heavy atom. The lowest BCUT2D eigenvalue weighted by Gasteiger charge is -2.06. The molecular weight excluding hydrogens is 336 g/mol. The van der Waals surface area contributed by atoms with E-state index < -0.39 is 0 Å². The topological polar surface area (TPSA) is 26.3 Å². The largest absolute Gasteiger partial charge is 0.484 e. The summed E-state index contributed by atoms with van der Waals surface area (Å²) in [6.07, 6.45) is 0. The Bertz CT molecular complexity index is 580. The van der Waals surface area contributed by atoms with Crippen LogP contribution in [0.3, 0.4) is 0 Å². The summed E-state index contributed by atoms with van der Waals surface area (Å²) in [5.74, 6) is 0.593. The van der Waals surface area contributed by atoms with E-state index >= 15 is 0 Å². The van der Waals surface area contributed by atoms with E-state index in [2.05, 4.69) is 15.9 Å². The van der Waals surface area contributed by atoms with Crippen molar-refractivity contribution in [2.45, 2.75) is 6.92 Å². The van der Waals surface area contributed by atoms with E-state index in [1.807, 2.05) is 19.1 Å². The molecule has 1 aromatic heterocycles. The number of hydrogen-bond acceptors (Lipinski definition) is 3. The van der Waals surface area contributed by atoms with Gasteiger partial charge in [-0.1, -0.05) is 11.6 Å². The standard InChI is InChI=1S/C13H10BrClO2S/c1-8-2-5-13(18-8)11(16)7-17-12-4-3-9(15)6-10(12)14/h2-6H,7H2,1H3. The van der Waals surface area contributed by atoms with Gasteiger partial charge in [-0.25, -0.2) is 0 Å². The quantitative estimate of drug-likeness (QED) is 0.749. The third kappa shape index (κ3) is 3.34. The van der Waals surface area contributed by atoms with Crippen LogP contribution in [0.25, 0.3) is 0 Å². The molecule has 0 N–H and O–H groups in total. The van der Waals surface area contributed by atoms with Crippen molar-refractivity contribution in [2.75, 3.05) is 6.61 Å². The number of Topliss-reactive ketones (excluding diaryl/α,β-unsaturated/α-hetero) is 1. The summed E-state index contributed by atoms with van der Waals surface area (Å²) in [6, 6.07) is 8.94. The Balaban J connectivity index is 2.01. The molecule has 1 aromatic carbocycles. The van der Waals surface area contributed by atoms with Crippen molar-refractivity contribution in [1.29, 1.82) is 0 Å². The van der Waals surface area contributed by atoms with Crippen LogP contribution in [0, 0.1) is 6.92 Å². The first-order valence-corrected chi connectivity index (χ1v) is 7.22. The van der Waals surface area contributed by atoms with Gasteiger partial charge in [0.15, 0.2) is 6.61 Å². The molecule has 0 saturated carbocycles. The van der Waals surface area contributed by atoms with Gasteiger partial charge in [0.05, 0.1) is 9.35 Å². The van der Waals surface area contributed by atoms with E-state index in [4.69, 9.17) is 16.3 Å². The van der Waals surface area contributed by atoms with Gasteiger partial charge in [0.1, 0.15) is 5.75 Å². The molecule has 2 aromatic rings. The highest BCUT2D eigenvalue weighted by molar-refractivity contribution is 9.10. The summed E-state index contributed by atoms with van der Waals surface area (Å²) >= 11 is 10.6. The number of halogens is 2. The normalized spacial score (nSPS) is 10.4. The SMILES string of the molecule is Cc1ccc(C(=O)COc2ccc(Cl)cc2Br)s1. The number of thiophene rings is 1. The maximum Gasteiger partial charge on any atom is 0.210 e. The van der Waals surface area contributed by atoms with Crippen molar-refractivity contribution >= 4 is 44.7 Å². The lowest BCUT2D eigenvalue weighted by molar-refractivity contribution is 0.0925. The van der Waals surface area contributed by atoms with Crippen molar-refractivity contribution in [1.82, 2.24) is 0 Å². The van der Waals surface area contributed by atoms with Crippen molar-refractivity contribution in [2.24, 2.45) is 0 Å². The Morgan fingerprint density at radius 1 is 1.39 bits per heavy atom. The molecule has 0 atom stereocenters. The third-order valence-corrected chi connectivity index (χ3v) is 4.16. The molecule has 0 spiro atoms. The van der Waals surface area contributed by atoms with E-state index in [1.165, 1.54) is 11.3 Å². The van der Waals surface area contributed by atoms with Crippen LogP contribution < -0.4 is 4.74 Å². The van der Waals surface area contributed by atoms with Gasteiger partial charge in [-0.3, -0.25) is 4.79 Å². The molecule has 94 valence electrons. The fraction of sp³-hybridized carbons (Fsp3) is 0.154. The summed E-state index contributed by atoms with van der Waals surface area (Å²) < 4.78 is 6.21. The zero-order valence-corrected chi connectivity index (χ0v) is 12.7. The van der Waals surface area contributed by atoms with Crippen molar-refractivity contribution in [3.8, 4) is 5.75 Å². The Kier molecular flexibility index (Phi) is 4.43. The van der Waals surface area contributed by atoms with Gasteiger partial charge >= 0.3 is 0 Å². The predicted molar refractivity (Wildman–Crippen MR) is 78.0 cm³/mol. The Morgan fingerprint density at radius 3 is 2.78 bits per heavy atom. The molecule has 0 unspecified atom stereocenters. The van der Waals surface area contributed by atoms with E-state index in [1.54, 1.807) is 18.2 Å². The highest BCUT2D eigenvalue weighted by Gasteiger charge is 2.10. The van der Waals surface area contributed by atoms with Crippen molar-refractivity contribution in [3.63, 3.8) is 0 Å². The lowest BCUT2D eigenvalue weighted by Crippen LogP contribution is -2.10. The minimum atomic E-state index is -0.0186. The molecule has 0 aliphatic rings. The van der Waals surface area contributed by atoms with Gasteiger partial charge in [0, 0.05) is 9.90 Å². The zero-order chi connectivity index (χ0) is 13.1. The van der Waals surface area contributed by atoms with Gasteiger partial charge < -0.3 is 4.74 Å². The number of hydrogen-bond donors (Lipinski definition) is 0. The molecule has 2 nitrogen and oxygen atoms in total. The Hall–Kier alpha value is -0.840. The highest BCUT2D eigenvalue weighted by Crippen LogP contribution is 2.28. The van der Waals surface area contributed by atoms with Gasteiger partial charge in [-0.05, 0) is 53.2 Å². The average Bonchev–Trinajstić information content (AvgIpc) is 2.74. The van der Waals surface area contributed by atoms with E-state index in [9.17, 15) is 4.79 Å². The lowest BCUT2D eigenvalue weighted by atomic mass is 10.3. The Labute approximate surface area is 123 Å². The first kappa shape index (κ1) is 13.6. The van der Waals surface area contributed by atoms with Crippen LogP contribution in [0.4, 0.5) is 0 Å². The second-order valence-corrected chi connectivity index (χ2v) is 6.28. The summed E-state index contributed by atoms with van der Waals surface area (Å²) in [4.78, 5) is 13.7. The monoisotopic (exact) mass is 344 g/mol. The van der Waals surface area contributed by atoms with Crippen LogP contribution in [0.15, 0.2) is 34.8 Å². The number of ketones is 1. The van der Waals surface area contributed by atoms with Crippen LogP contribution in [0.1, 0.15) is 14.5 Å². The first-order valence-electron chi connectivity index (χ1n) is 5.24. The fourth-order valence-corrected chi connectivity index (χ4v) is 2.98. The van der Waals surface area contributed by atoms with Gasteiger partial charge in [0.2, 0.25) is 5.78 Å². The number of ether oxygens (including phenoxy) is 1. The predicted octanol–water partition coefficient (Wildman–Crippen LogP) is 4.73. The number of carbonyl (C=O) groups excluding carboxylic acids is 1. The minimum Gasteiger partial charge on any atom is -0.484 e. The van der Waals surface area contributed by atoms with E-state index in [0.717, 1.165) is 14.2 Å². The molecule has 0 aliphatic heterocycles. The maximum atomic E-state index is 11.9. The summed E-state index contributed by atoms with van der Waals surface area (Å²) in [7, 11) is 0. The van der Waals surface area contributed by atoms with Crippen molar-refractivity contribution in [3.05, 3.63) is 49.6 Å². The van der Waals surface area contributed by atoms with Crippen LogP contribution in [0.2, 0.25) is 5.02 Å². The number of carbonyl (C=O) groups is 1. The van der Waals surface area contributed by atoms with Crippen LogP contribution in [-0.2, 0) is 0 Å². The van der Waals surface area contributed by atoms with E-state index in [-0.39, 0.29) is 12.4 Å². The zero-order valence-electron chi connectivity index (χ0n) is 9.57. The van der Waals surface area contributed by atoms with Crippen LogP contribution in [-0.4, -0.2) is 12.4 Å². The minimum absolute atomic E-state index is 0.0186. The van der Waals surface area contributed by atoms with Crippen molar-refractivity contribution < 1.29 is 9.53 Å². The maximum absolute atomic E-state index is 11.9. The molecule has 18 heavy (non-hydrogen) atoms. The molecule has 2 rings (SSSR count). The first-order chi connectivity index (χ1) is 8.56. The molecule has 1 heterocycles. The average molecular weight is 346 g/mol. The van der Waals surface area contributed by atoms with Gasteiger partial charge in [-0.2, -0.15) is 0 Å². The molecule has 0 aliphatic carbocycles. The number of benzene rings is 1. The molecule has 0 bridgehead atoms. The fourth-order valence-electron chi connectivity index (χ4n) is 1.39. The van der Waals surface area contributed by atoms with Gasteiger partial charge in [-0.15, -0.1) is 11.3 Å². The number of aryl methyl sites for hydroxylation is 1. The smallest absolute Gasteiger partial charge is 0.210 e. The molecule has 0 amide bonds. The van der Waals surface area contributed by atoms with Crippen LogP contribution >= 0.6 is 38.9 Å². The van der Waals surface area contributed by atoms with Crippen LogP contribution in [0.5, 0.6) is 5.75 Å². The second kappa shape index (κ2) is 5.87. The molecule has 0 fully saturated rings. The highest BCUT2D eigenvalue weighted by atomic mass is 79.9. The van der Waals surface area contributed by atoms with Gasteiger partial charge in [0.25, 0.3) is 0 Å². The second-order valence-electron chi connectivity index (χ2n) is 3.70.